The highest BCUT2D eigenvalue weighted by atomic mass is 16.6. The lowest BCUT2D eigenvalue weighted by molar-refractivity contribution is -0.137. The van der Waals surface area contributed by atoms with Gasteiger partial charge in [0.25, 0.3) is 0 Å². The Balaban J connectivity index is 1.34. The van der Waals surface area contributed by atoms with E-state index in [0.29, 0.717) is 18.0 Å². The molecule has 4 fully saturated rings. The molecule has 5 heteroatoms. The molecule has 0 N–H and O–H groups in total. The average Bonchev–Trinajstić information content (AvgIpc) is 3.17. The van der Waals surface area contributed by atoms with Crippen molar-refractivity contribution in [2.75, 3.05) is 13.1 Å². The zero-order chi connectivity index (χ0) is 19.4. The Morgan fingerprint density at radius 3 is 2.41 bits per heavy atom. The summed E-state index contributed by atoms with van der Waals surface area (Å²) < 4.78 is 5.51. The zero-order valence-corrected chi connectivity index (χ0v) is 17.5. The summed E-state index contributed by atoms with van der Waals surface area (Å²) in [4.78, 5) is 29.8. The quantitative estimate of drug-likeness (QED) is 0.689. The molecule has 4 aliphatic rings. The number of carbonyl (C=O) groups excluding carboxylic acids is 2. The van der Waals surface area contributed by atoms with Gasteiger partial charge in [-0.2, -0.15) is 0 Å². The first-order chi connectivity index (χ1) is 12.7. The Kier molecular flexibility index (Phi) is 4.71. The molecule has 2 saturated heterocycles. The van der Waals surface area contributed by atoms with E-state index in [2.05, 4.69) is 11.8 Å². The van der Waals surface area contributed by atoms with Gasteiger partial charge in [0.05, 0.1) is 0 Å². The first kappa shape index (κ1) is 19.1. The van der Waals surface area contributed by atoms with Crippen LogP contribution in [0.3, 0.4) is 0 Å². The smallest absolute Gasteiger partial charge is 0.410 e. The van der Waals surface area contributed by atoms with Gasteiger partial charge in [-0.05, 0) is 77.6 Å². The molecule has 0 aromatic rings. The van der Waals surface area contributed by atoms with Gasteiger partial charge in [-0.25, -0.2) is 4.79 Å². The van der Waals surface area contributed by atoms with Crippen LogP contribution >= 0.6 is 0 Å². The molecule has 0 radical (unpaired) electrons. The molecule has 2 aliphatic carbocycles. The third-order valence-corrected chi connectivity index (χ3v) is 7.50. The van der Waals surface area contributed by atoms with Crippen LogP contribution in [-0.4, -0.2) is 52.6 Å². The number of nitrogens with zero attached hydrogens (tertiary/aromatic N) is 2. The predicted molar refractivity (Wildman–Crippen MR) is 104 cm³/mol. The summed E-state index contributed by atoms with van der Waals surface area (Å²) in [6, 6.07) is 0.908. The molecular formula is C22H36N2O3. The monoisotopic (exact) mass is 376 g/mol. The van der Waals surface area contributed by atoms with Crippen molar-refractivity contribution in [2.45, 2.75) is 96.7 Å². The molecule has 1 spiro atoms. The van der Waals surface area contributed by atoms with Crippen molar-refractivity contribution in [1.29, 1.82) is 0 Å². The Morgan fingerprint density at radius 2 is 1.74 bits per heavy atom. The van der Waals surface area contributed by atoms with Crippen molar-refractivity contribution < 1.29 is 14.3 Å². The van der Waals surface area contributed by atoms with E-state index in [4.69, 9.17) is 4.74 Å². The van der Waals surface area contributed by atoms with E-state index >= 15 is 0 Å². The van der Waals surface area contributed by atoms with Gasteiger partial charge >= 0.3 is 6.09 Å². The van der Waals surface area contributed by atoms with Crippen molar-refractivity contribution in [1.82, 2.24) is 9.80 Å². The summed E-state index contributed by atoms with van der Waals surface area (Å²) in [6.45, 7) is 9.40. The summed E-state index contributed by atoms with van der Waals surface area (Å²) in [5, 5.41) is 0. The number of carbonyl (C=O) groups is 2. The van der Waals surface area contributed by atoms with Gasteiger partial charge < -0.3 is 14.5 Å². The van der Waals surface area contributed by atoms with E-state index in [-0.39, 0.29) is 17.4 Å². The first-order valence-corrected chi connectivity index (χ1v) is 11.0. The summed E-state index contributed by atoms with van der Waals surface area (Å²) in [7, 11) is 0. The number of piperidine rings is 1. The number of rotatable bonds is 1. The lowest BCUT2D eigenvalue weighted by atomic mass is 9.84. The number of hydrogen-bond donors (Lipinski definition) is 0. The second-order valence-corrected chi connectivity index (χ2v) is 10.5. The second kappa shape index (κ2) is 6.66. The fourth-order valence-electron chi connectivity index (χ4n) is 5.98. The Morgan fingerprint density at radius 1 is 1.07 bits per heavy atom. The van der Waals surface area contributed by atoms with Crippen molar-refractivity contribution in [3.63, 3.8) is 0 Å². The summed E-state index contributed by atoms with van der Waals surface area (Å²) in [6.07, 6.45) is 9.02. The maximum Gasteiger partial charge on any atom is 0.410 e. The highest BCUT2D eigenvalue weighted by Crippen LogP contribution is 2.61. The Labute approximate surface area is 163 Å². The van der Waals surface area contributed by atoms with Crippen molar-refractivity contribution in [3.05, 3.63) is 0 Å². The Bertz CT molecular complexity index is 603. The van der Waals surface area contributed by atoms with E-state index in [9.17, 15) is 9.59 Å². The third kappa shape index (κ3) is 3.58. The SMILES string of the molecule is C[C@@H]1C[C@@H]2CCCC[C@H]2N1C(=O)[C@H]1CC12CCN(C(=O)OC(C)(C)C)CC2. The van der Waals surface area contributed by atoms with Crippen molar-refractivity contribution >= 4 is 12.0 Å². The fraction of sp³-hybridized carbons (Fsp3) is 0.909. The number of amides is 2. The van der Waals surface area contributed by atoms with E-state index in [0.717, 1.165) is 38.3 Å². The second-order valence-electron chi connectivity index (χ2n) is 10.5. The molecule has 27 heavy (non-hydrogen) atoms. The average molecular weight is 377 g/mol. The lowest BCUT2D eigenvalue weighted by Crippen LogP contribution is -2.46. The van der Waals surface area contributed by atoms with Gasteiger partial charge in [0.1, 0.15) is 5.60 Å². The van der Waals surface area contributed by atoms with Crippen LogP contribution < -0.4 is 0 Å². The van der Waals surface area contributed by atoms with E-state index < -0.39 is 5.60 Å². The van der Waals surface area contributed by atoms with Gasteiger partial charge in [-0.3, -0.25) is 4.79 Å². The molecule has 0 aromatic heterocycles. The number of fused-ring (bicyclic) bond motifs is 1. The van der Waals surface area contributed by atoms with Gasteiger partial charge in [0.15, 0.2) is 0 Å². The van der Waals surface area contributed by atoms with Crippen LogP contribution in [0.15, 0.2) is 0 Å². The summed E-state index contributed by atoms with van der Waals surface area (Å²) >= 11 is 0. The molecule has 2 saturated carbocycles. The van der Waals surface area contributed by atoms with Crippen LogP contribution in [0.4, 0.5) is 4.79 Å². The van der Waals surface area contributed by atoms with Crippen LogP contribution in [0.2, 0.25) is 0 Å². The Hall–Kier alpha value is -1.26. The molecule has 0 unspecified atom stereocenters. The normalized spacial score (nSPS) is 35.1. The van der Waals surface area contributed by atoms with Crippen LogP contribution in [0.25, 0.3) is 0 Å². The lowest BCUT2D eigenvalue weighted by Gasteiger charge is -2.36. The van der Waals surface area contributed by atoms with Crippen LogP contribution in [0, 0.1) is 17.3 Å². The van der Waals surface area contributed by atoms with E-state index in [1.165, 1.54) is 32.1 Å². The topological polar surface area (TPSA) is 49.9 Å². The van der Waals surface area contributed by atoms with Crippen molar-refractivity contribution in [2.24, 2.45) is 17.3 Å². The van der Waals surface area contributed by atoms with Gasteiger partial charge in [0, 0.05) is 31.1 Å². The largest absolute Gasteiger partial charge is 0.444 e. The molecular weight excluding hydrogens is 340 g/mol. The molecule has 4 atom stereocenters. The molecule has 152 valence electrons. The van der Waals surface area contributed by atoms with Gasteiger partial charge in [-0.1, -0.05) is 12.8 Å². The highest BCUT2D eigenvalue weighted by molar-refractivity contribution is 5.84. The minimum atomic E-state index is -0.452. The molecule has 2 amide bonds. The molecule has 0 aromatic carbocycles. The highest BCUT2D eigenvalue weighted by Gasteiger charge is 2.61. The number of ether oxygens (including phenoxy) is 1. The van der Waals surface area contributed by atoms with Crippen LogP contribution in [-0.2, 0) is 9.53 Å². The summed E-state index contributed by atoms with van der Waals surface area (Å²) in [5.74, 6) is 1.35. The third-order valence-electron chi connectivity index (χ3n) is 7.50. The summed E-state index contributed by atoms with van der Waals surface area (Å²) in [5.41, 5.74) is -0.297. The van der Waals surface area contributed by atoms with Gasteiger partial charge in [-0.15, -0.1) is 0 Å². The molecule has 2 aliphatic heterocycles. The maximum absolute atomic E-state index is 13.4. The standard InChI is InChI=1S/C22H36N2O3/c1-15-13-16-7-5-6-8-18(16)24(15)19(25)17-14-22(17)9-11-23(12-10-22)20(26)27-21(2,3)4/h15-18H,5-14H2,1-4H3/t15-,16+,17-,18-/m1/s1. The minimum Gasteiger partial charge on any atom is -0.444 e. The molecule has 5 nitrogen and oxygen atoms in total. The molecule has 0 bridgehead atoms. The van der Waals surface area contributed by atoms with E-state index in [1.807, 2.05) is 25.7 Å². The fourth-order valence-corrected chi connectivity index (χ4v) is 5.98. The predicted octanol–water partition coefficient (Wildman–Crippen LogP) is 4.20. The minimum absolute atomic E-state index is 0.155. The number of likely N-dealkylation sites (tertiary alicyclic amines) is 2. The zero-order valence-electron chi connectivity index (χ0n) is 17.5. The van der Waals surface area contributed by atoms with Crippen LogP contribution in [0.1, 0.15) is 79.1 Å². The van der Waals surface area contributed by atoms with Crippen molar-refractivity contribution in [3.8, 4) is 0 Å². The molecule has 4 rings (SSSR count). The number of hydrogen-bond acceptors (Lipinski definition) is 3. The maximum atomic E-state index is 13.4. The van der Waals surface area contributed by atoms with Crippen LogP contribution in [0.5, 0.6) is 0 Å². The first-order valence-electron chi connectivity index (χ1n) is 11.0. The van der Waals surface area contributed by atoms with E-state index in [1.54, 1.807) is 0 Å². The van der Waals surface area contributed by atoms with Gasteiger partial charge in [0.2, 0.25) is 5.91 Å². The molecule has 2 heterocycles.